The second kappa shape index (κ2) is 11.5. The molecule has 1 aliphatic rings. The lowest BCUT2D eigenvalue weighted by Gasteiger charge is -2.47. The van der Waals surface area contributed by atoms with Gasteiger partial charge in [0.1, 0.15) is 5.82 Å². The van der Waals surface area contributed by atoms with Gasteiger partial charge in [0.05, 0.1) is 18.2 Å². The van der Waals surface area contributed by atoms with Crippen molar-refractivity contribution in [1.29, 1.82) is 0 Å². The Hall–Kier alpha value is -3.13. The first-order valence-electron chi connectivity index (χ1n) is 11.7. The van der Waals surface area contributed by atoms with Gasteiger partial charge in [0, 0.05) is 23.7 Å². The molecule has 1 amide bonds. The molecule has 182 valence electrons. The molecular formula is C28H29FN2O3S. The van der Waals surface area contributed by atoms with Crippen LogP contribution in [0.1, 0.15) is 40.7 Å². The highest BCUT2D eigenvalue weighted by Gasteiger charge is 2.47. The third-order valence-corrected chi connectivity index (χ3v) is 6.81. The number of carbonyl (C=O) groups is 1. The fourth-order valence-corrected chi connectivity index (χ4v) is 5.08. The van der Waals surface area contributed by atoms with Crippen molar-refractivity contribution < 1.29 is 19.0 Å². The molecule has 1 fully saturated rings. The van der Waals surface area contributed by atoms with Crippen LogP contribution in [0.4, 0.5) is 4.39 Å². The molecular weight excluding hydrogens is 463 g/mol. The molecule has 35 heavy (non-hydrogen) atoms. The second-order valence-electron chi connectivity index (χ2n) is 8.80. The zero-order chi connectivity index (χ0) is 24.7. The van der Waals surface area contributed by atoms with Crippen molar-refractivity contribution >= 4 is 23.2 Å². The van der Waals surface area contributed by atoms with Crippen molar-refractivity contribution in [3.05, 3.63) is 107 Å². The van der Waals surface area contributed by atoms with Gasteiger partial charge in [-0.15, -0.1) is 0 Å². The van der Waals surface area contributed by atoms with Crippen LogP contribution in [-0.4, -0.2) is 28.8 Å². The molecule has 3 aromatic carbocycles. The third kappa shape index (κ3) is 5.93. The molecule has 3 aromatic rings. The van der Waals surface area contributed by atoms with Crippen LogP contribution in [-0.2, 0) is 16.9 Å². The zero-order valence-electron chi connectivity index (χ0n) is 19.3. The molecule has 1 saturated carbocycles. The molecule has 0 radical (unpaired) electrons. The number of rotatable bonds is 7. The van der Waals surface area contributed by atoms with Crippen molar-refractivity contribution in [2.75, 3.05) is 6.61 Å². The standard InChI is InChI=1S/C28H29FN2O3S/c29-25-14-8-7-13-24(25)28(31-27(35)30-26(33)21-11-5-2-6-12-21)16-15-23(17-22(28)18-32)34-19-20-9-3-1-4-10-20/h1-14,22-23,32H,15-19H2,(H2,30,31,33,35)/t22?,23-,28?/m1/s1. The fraction of sp³-hybridized carbons (Fsp3) is 0.286. The van der Waals surface area contributed by atoms with Gasteiger partial charge in [0.25, 0.3) is 5.91 Å². The van der Waals surface area contributed by atoms with Crippen LogP contribution in [0.3, 0.4) is 0 Å². The van der Waals surface area contributed by atoms with Crippen LogP contribution in [0.15, 0.2) is 84.9 Å². The fourth-order valence-electron chi connectivity index (χ4n) is 4.81. The smallest absolute Gasteiger partial charge is 0.257 e. The largest absolute Gasteiger partial charge is 0.396 e. The quantitative estimate of drug-likeness (QED) is 0.417. The summed E-state index contributed by atoms with van der Waals surface area (Å²) in [5.74, 6) is -1.13. The van der Waals surface area contributed by atoms with Crippen LogP contribution in [0.5, 0.6) is 0 Å². The van der Waals surface area contributed by atoms with Crippen molar-refractivity contribution in [3.63, 3.8) is 0 Å². The minimum atomic E-state index is -0.992. The topological polar surface area (TPSA) is 70.6 Å². The monoisotopic (exact) mass is 492 g/mol. The Morgan fingerprint density at radius 1 is 1.03 bits per heavy atom. The Kier molecular flexibility index (Phi) is 8.23. The van der Waals surface area contributed by atoms with E-state index in [1.54, 1.807) is 42.5 Å². The number of hydrogen-bond acceptors (Lipinski definition) is 4. The lowest BCUT2D eigenvalue weighted by atomic mass is 9.68. The Morgan fingerprint density at radius 3 is 2.37 bits per heavy atom. The van der Waals surface area contributed by atoms with E-state index in [2.05, 4.69) is 10.6 Å². The van der Waals surface area contributed by atoms with Gasteiger partial charge in [0.2, 0.25) is 0 Å². The Labute approximate surface area is 210 Å². The summed E-state index contributed by atoms with van der Waals surface area (Å²) >= 11 is 5.49. The van der Waals surface area contributed by atoms with E-state index >= 15 is 4.39 Å². The molecule has 2 unspecified atom stereocenters. The molecule has 1 aliphatic carbocycles. The van der Waals surface area contributed by atoms with E-state index in [1.807, 2.05) is 36.4 Å². The number of aliphatic hydroxyl groups excluding tert-OH is 1. The number of ether oxygens (including phenoxy) is 1. The highest BCUT2D eigenvalue weighted by Crippen LogP contribution is 2.43. The predicted molar refractivity (Wildman–Crippen MR) is 137 cm³/mol. The summed E-state index contributed by atoms with van der Waals surface area (Å²) in [4.78, 5) is 12.6. The van der Waals surface area contributed by atoms with Gasteiger partial charge in [-0.2, -0.15) is 0 Å². The van der Waals surface area contributed by atoms with E-state index in [4.69, 9.17) is 17.0 Å². The van der Waals surface area contributed by atoms with Gasteiger partial charge >= 0.3 is 0 Å². The van der Waals surface area contributed by atoms with Crippen molar-refractivity contribution in [3.8, 4) is 0 Å². The van der Waals surface area contributed by atoms with E-state index in [0.29, 0.717) is 37.0 Å². The Bertz CT molecular complexity index is 1150. The first-order chi connectivity index (χ1) is 17.0. The lowest BCUT2D eigenvalue weighted by molar-refractivity contribution is -0.0388. The maximum absolute atomic E-state index is 15.1. The van der Waals surface area contributed by atoms with Crippen LogP contribution < -0.4 is 10.6 Å². The minimum absolute atomic E-state index is 0.0872. The van der Waals surface area contributed by atoms with E-state index < -0.39 is 5.54 Å². The molecule has 7 heteroatoms. The van der Waals surface area contributed by atoms with Crippen LogP contribution in [0.2, 0.25) is 0 Å². The highest BCUT2D eigenvalue weighted by atomic mass is 32.1. The van der Waals surface area contributed by atoms with Crippen LogP contribution in [0.25, 0.3) is 0 Å². The zero-order valence-corrected chi connectivity index (χ0v) is 20.1. The minimum Gasteiger partial charge on any atom is -0.396 e. The number of halogens is 1. The number of amides is 1. The van der Waals surface area contributed by atoms with Gasteiger partial charge in [-0.1, -0.05) is 66.7 Å². The SMILES string of the molecule is O=C(NC(=S)NC1(c2ccccc2F)CC[C@@H](OCc2ccccc2)CC1CO)c1ccccc1. The van der Waals surface area contributed by atoms with E-state index in [9.17, 15) is 9.90 Å². The molecule has 3 N–H and O–H groups in total. The van der Waals surface area contributed by atoms with Crippen molar-refractivity contribution in [2.24, 2.45) is 5.92 Å². The third-order valence-electron chi connectivity index (χ3n) is 6.61. The maximum Gasteiger partial charge on any atom is 0.257 e. The molecule has 5 nitrogen and oxygen atoms in total. The number of aliphatic hydroxyl groups is 1. The molecule has 0 aromatic heterocycles. The van der Waals surface area contributed by atoms with Crippen LogP contribution in [0, 0.1) is 11.7 Å². The summed E-state index contributed by atoms with van der Waals surface area (Å²) in [5.41, 5.74) is 0.959. The number of thiocarbonyl (C=S) groups is 1. The number of benzene rings is 3. The molecule has 0 heterocycles. The van der Waals surface area contributed by atoms with Gasteiger partial charge < -0.3 is 15.2 Å². The summed E-state index contributed by atoms with van der Waals surface area (Å²) < 4.78 is 21.2. The predicted octanol–water partition coefficient (Wildman–Crippen LogP) is 4.70. The van der Waals surface area contributed by atoms with E-state index in [1.165, 1.54) is 6.07 Å². The van der Waals surface area contributed by atoms with Crippen molar-refractivity contribution in [1.82, 2.24) is 10.6 Å². The normalized spacial score (nSPS) is 21.8. The van der Waals surface area contributed by atoms with Crippen LogP contribution >= 0.6 is 12.2 Å². The van der Waals surface area contributed by atoms with E-state index in [0.717, 1.165) is 5.56 Å². The summed E-state index contributed by atoms with van der Waals surface area (Å²) in [5, 5.41) is 16.4. The number of hydrogen-bond donors (Lipinski definition) is 3. The average Bonchev–Trinajstić information content (AvgIpc) is 2.89. The first kappa shape index (κ1) is 25.0. The molecule has 0 saturated heterocycles. The number of carbonyl (C=O) groups excluding carboxylic acids is 1. The second-order valence-corrected chi connectivity index (χ2v) is 9.21. The van der Waals surface area contributed by atoms with Gasteiger partial charge in [0.15, 0.2) is 5.11 Å². The van der Waals surface area contributed by atoms with Crippen molar-refractivity contribution in [2.45, 2.75) is 37.5 Å². The molecule has 0 bridgehead atoms. The first-order valence-corrected chi connectivity index (χ1v) is 12.1. The average molecular weight is 493 g/mol. The summed E-state index contributed by atoms with van der Waals surface area (Å²) in [6.07, 6.45) is 1.53. The molecule has 0 spiro atoms. The summed E-state index contributed by atoms with van der Waals surface area (Å²) in [7, 11) is 0. The highest BCUT2D eigenvalue weighted by molar-refractivity contribution is 7.80. The summed E-state index contributed by atoms with van der Waals surface area (Å²) in [6, 6.07) is 25.1. The Morgan fingerprint density at radius 2 is 1.69 bits per heavy atom. The molecule has 4 rings (SSSR count). The van der Waals surface area contributed by atoms with Gasteiger partial charge in [-0.05, 0) is 55.2 Å². The summed E-state index contributed by atoms with van der Waals surface area (Å²) in [6.45, 7) is 0.275. The van der Waals surface area contributed by atoms with Gasteiger partial charge in [-0.25, -0.2) is 4.39 Å². The Balaban J connectivity index is 1.54. The van der Waals surface area contributed by atoms with E-state index in [-0.39, 0.29) is 35.5 Å². The number of nitrogens with one attached hydrogen (secondary N) is 2. The maximum atomic E-state index is 15.1. The molecule has 0 aliphatic heterocycles. The lowest BCUT2D eigenvalue weighted by Crippen LogP contribution is -2.58. The molecule has 3 atom stereocenters. The van der Waals surface area contributed by atoms with Gasteiger partial charge in [-0.3, -0.25) is 10.1 Å².